The van der Waals surface area contributed by atoms with Crippen LogP contribution in [0.5, 0.6) is 0 Å². The summed E-state index contributed by atoms with van der Waals surface area (Å²) < 4.78 is 24.6. The first-order chi connectivity index (χ1) is 7.42. The van der Waals surface area contributed by atoms with E-state index in [1.165, 1.54) is 24.3 Å². The number of rotatable bonds is 2. The molecule has 0 spiro atoms. The van der Waals surface area contributed by atoms with Crippen LogP contribution in [0.25, 0.3) is 0 Å². The minimum Gasteiger partial charge on any atom is -0.399 e. The van der Waals surface area contributed by atoms with Gasteiger partial charge in [0, 0.05) is 12.6 Å². The highest BCUT2D eigenvalue weighted by Gasteiger charge is 2.14. The lowest BCUT2D eigenvalue weighted by atomic mass is 10.3. The van der Waals surface area contributed by atoms with Crippen LogP contribution in [-0.4, -0.2) is 21.1 Å². The van der Waals surface area contributed by atoms with E-state index in [9.17, 15) is 13.2 Å². The van der Waals surface area contributed by atoms with Gasteiger partial charge in [0.2, 0.25) is 5.91 Å². The SMILES string of the molecule is C=O.CC(=O)NS(=O)(=O)c1ccc(N)cc1. The van der Waals surface area contributed by atoms with Crippen LogP contribution in [-0.2, 0) is 19.6 Å². The molecule has 7 heteroatoms. The summed E-state index contributed by atoms with van der Waals surface area (Å²) in [5, 5.41) is 0. The standard InChI is InChI=1S/C8H10N2O3S.CH2O/c1-6(11)10-14(12,13)8-4-2-7(9)3-5-8;1-2/h2-5H,9H2,1H3,(H,10,11);1H2. The number of benzene rings is 1. The van der Waals surface area contributed by atoms with Crippen molar-refractivity contribution >= 4 is 28.4 Å². The van der Waals surface area contributed by atoms with Crippen LogP contribution >= 0.6 is 0 Å². The van der Waals surface area contributed by atoms with Crippen molar-refractivity contribution in [3.8, 4) is 0 Å². The first-order valence-corrected chi connectivity index (χ1v) is 5.58. The Morgan fingerprint density at radius 1 is 1.25 bits per heavy atom. The Kier molecular flexibility index (Phi) is 5.17. The Hall–Kier alpha value is -1.89. The van der Waals surface area contributed by atoms with Gasteiger partial charge in [0.05, 0.1) is 4.90 Å². The van der Waals surface area contributed by atoms with Crippen molar-refractivity contribution < 1.29 is 18.0 Å². The minimum atomic E-state index is -3.73. The van der Waals surface area contributed by atoms with E-state index < -0.39 is 15.9 Å². The summed E-state index contributed by atoms with van der Waals surface area (Å²) >= 11 is 0. The van der Waals surface area contributed by atoms with Crippen molar-refractivity contribution in [1.29, 1.82) is 0 Å². The molecule has 0 saturated heterocycles. The Morgan fingerprint density at radius 3 is 2.06 bits per heavy atom. The van der Waals surface area contributed by atoms with Crippen LogP contribution in [0.3, 0.4) is 0 Å². The molecule has 6 nitrogen and oxygen atoms in total. The Balaban J connectivity index is 0.00000106. The fourth-order valence-electron chi connectivity index (χ4n) is 0.895. The molecule has 0 radical (unpaired) electrons. The number of carbonyl (C=O) groups excluding carboxylic acids is 2. The summed E-state index contributed by atoms with van der Waals surface area (Å²) in [6.07, 6.45) is 0. The van der Waals surface area contributed by atoms with Crippen LogP contribution in [0.1, 0.15) is 6.92 Å². The molecule has 0 atom stereocenters. The third-order valence-corrected chi connectivity index (χ3v) is 2.92. The zero-order valence-corrected chi connectivity index (χ0v) is 9.45. The molecule has 0 aliphatic rings. The van der Waals surface area contributed by atoms with Gasteiger partial charge < -0.3 is 10.5 Å². The molecule has 0 aliphatic carbocycles. The van der Waals surface area contributed by atoms with Crippen LogP contribution < -0.4 is 10.5 Å². The van der Waals surface area contributed by atoms with Crippen molar-refractivity contribution in [2.24, 2.45) is 0 Å². The number of nitrogens with one attached hydrogen (secondary N) is 1. The predicted octanol–water partition coefficient (Wildman–Crippen LogP) is -0.0913. The van der Waals surface area contributed by atoms with E-state index in [4.69, 9.17) is 10.5 Å². The average molecular weight is 244 g/mol. The lowest BCUT2D eigenvalue weighted by molar-refractivity contribution is -0.117. The van der Waals surface area contributed by atoms with Gasteiger partial charge in [-0.3, -0.25) is 4.79 Å². The Bertz CT molecular complexity index is 453. The number of amides is 1. The van der Waals surface area contributed by atoms with Crippen molar-refractivity contribution in [3.05, 3.63) is 24.3 Å². The molecule has 0 saturated carbocycles. The molecule has 1 aromatic carbocycles. The molecule has 1 aromatic rings. The number of nitrogens with two attached hydrogens (primary N) is 1. The largest absolute Gasteiger partial charge is 0.399 e. The zero-order chi connectivity index (χ0) is 12.8. The molecule has 0 bridgehead atoms. The Morgan fingerprint density at radius 2 is 1.69 bits per heavy atom. The second-order valence-electron chi connectivity index (χ2n) is 2.73. The van der Waals surface area contributed by atoms with Crippen molar-refractivity contribution in [1.82, 2.24) is 4.72 Å². The maximum atomic E-state index is 11.4. The van der Waals surface area contributed by atoms with Gasteiger partial charge in [-0.2, -0.15) is 0 Å². The molecule has 0 unspecified atom stereocenters. The second kappa shape index (κ2) is 5.86. The van der Waals surface area contributed by atoms with Crippen LogP contribution in [0.4, 0.5) is 5.69 Å². The molecule has 0 heterocycles. The van der Waals surface area contributed by atoms with E-state index in [2.05, 4.69) is 0 Å². The lowest BCUT2D eigenvalue weighted by Gasteiger charge is -2.04. The van der Waals surface area contributed by atoms with Gasteiger partial charge in [-0.15, -0.1) is 0 Å². The van der Waals surface area contributed by atoms with Crippen LogP contribution in [0.2, 0.25) is 0 Å². The third kappa shape index (κ3) is 4.09. The number of anilines is 1. The fraction of sp³-hybridized carbons (Fsp3) is 0.111. The van der Waals surface area contributed by atoms with Gasteiger partial charge in [0.15, 0.2) is 0 Å². The average Bonchev–Trinajstić information content (AvgIpc) is 2.19. The number of nitrogen functional groups attached to an aromatic ring is 1. The molecular weight excluding hydrogens is 232 g/mol. The molecule has 88 valence electrons. The minimum absolute atomic E-state index is 0.0156. The maximum absolute atomic E-state index is 11.4. The van der Waals surface area contributed by atoms with Gasteiger partial charge in [-0.1, -0.05) is 0 Å². The number of carbonyl (C=O) groups is 2. The number of hydrogen-bond acceptors (Lipinski definition) is 5. The molecule has 0 aliphatic heterocycles. The molecule has 1 amide bonds. The first kappa shape index (κ1) is 14.1. The Labute approximate surface area is 93.5 Å². The highest BCUT2D eigenvalue weighted by atomic mass is 32.2. The zero-order valence-electron chi connectivity index (χ0n) is 8.64. The number of sulfonamides is 1. The van der Waals surface area contributed by atoms with E-state index in [-0.39, 0.29) is 4.90 Å². The van der Waals surface area contributed by atoms with Gasteiger partial charge >= 0.3 is 0 Å². The topological polar surface area (TPSA) is 106 Å². The summed E-state index contributed by atoms with van der Waals surface area (Å²) in [5.74, 6) is -0.623. The summed E-state index contributed by atoms with van der Waals surface area (Å²) in [7, 11) is -3.73. The van der Waals surface area contributed by atoms with E-state index in [1.807, 2.05) is 11.5 Å². The monoisotopic (exact) mass is 244 g/mol. The fourth-order valence-corrected chi connectivity index (χ4v) is 1.89. The smallest absolute Gasteiger partial charge is 0.264 e. The van der Waals surface area contributed by atoms with Gasteiger partial charge in [-0.25, -0.2) is 13.1 Å². The second-order valence-corrected chi connectivity index (χ2v) is 4.41. The van der Waals surface area contributed by atoms with Gasteiger partial charge in [-0.05, 0) is 24.3 Å². The van der Waals surface area contributed by atoms with Crippen molar-refractivity contribution in [3.63, 3.8) is 0 Å². The van der Waals surface area contributed by atoms with E-state index >= 15 is 0 Å². The molecule has 16 heavy (non-hydrogen) atoms. The van der Waals surface area contributed by atoms with E-state index in [1.54, 1.807) is 0 Å². The predicted molar refractivity (Wildman–Crippen MR) is 59.0 cm³/mol. The summed E-state index contributed by atoms with van der Waals surface area (Å²) in [6, 6.07) is 5.57. The van der Waals surface area contributed by atoms with E-state index in [0.29, 0.717) is 5.69 Å². The van der Waals surface area contributed by atoms with Gasteiger partial charge in [0.1, 0.15) is 6.79 Å². The summed E-state index contributed by atoms with van der Waals surface area (Å²) in [5.41, 5.74) is 5.85. The number of hydrogen-bond donors (Lipinski definition) is 2. The quantitative estimate of drug-likeness (QED) is 0.707. The lowest BCUT2D eigenvalue weighted by Crippen LogP contribution is -2.28. The molecule has 0 aromatic heterocycles. The van der Waals surface area contributed by atoms with Crippen LogP contribution in [0, 0.1) is 0 Å². The molecular formula is C9H12N2O4S. The van der Waals surface area contributed by atoms with E-state index in [0.717, 1.165) is 6.92 Å². The van der Waals surface area contributed by atoms with Crippen LogP contribution in [0.15, 0.2) is 29.2 Å². The normalized spacial score (nSPS) is 9.81. The molecule has 1 rings (SSSR count). The summed E-state index contributed by atoms with van der Waals surface area (Å²) in [4.78, 5) is 18.6. The summed E-state index contributed by atoms with van der Waals surface area (Å²) in [6.45, 7) is 3.13. The third-order valence-electron chi connectivity index (χ3n) is 1.47. The maximum Gasteiger partial charge on any atom is 0.264 e. The van der Waals surface area contributed by atoms with Gasteiger partial charge in [0.25, 0.3) is 10.0 Å². The first-order valence-electron chi connectivity index (χ1n) is 4.09. The molecule has 0 fully saturated rings. The highest BCUT2D eigenvalue weighted by molar-refractivity contribution is 7.90. The molecule has 3 N–H and O–H groups in total. The highest BCUT2D eigenvalue weighted by Crippen LogP contribution is 2.10. The van der Waals surface area contributed by atoms with Crippen molar-refractivity contribution in [2.45, 2.75) is 11.8 Å². The van der Waals surface area contributed by atoms with Crippen molar-refractivity contribution in [2.75, 3.05) is 5.73 Å².